The minimum Gasteiger partial charge on any atom is -0.497 e. The highest BCUT2D eigenvalue weighted by Crippen LogP contribution is 2.36. The van der Waals surface area contributed by atoms with Crippen LogP contribution in [0, 0.1) is 0 Å². The van der Waals surface area contributed by atoms with Crippen LogP contribution in [0.15, 0.2) is 64.3 Å². The van der Waals surface area contributed by atoms with E-state index in [2.05, 4.69) is 5.32 Å². The van der Waals surface area contributed by atoms with Crippen LogP contribution >= 0.6 is 0 Å². The minimum absolute atomic E-state index is 0.256. The van der Waals surface area contributed by atoms with Gasteiger partial charge in [0.2, 0.25) is 0 Å². The van der Waals surface area contributed by atoms with Gasteiger partial charge in [0.1, 0.15) is 11.9 Å². The van der Waals surface area contributed by atoms with Crippen molar-refractivity contribution in [3.63, 3.8) is 0 Å². The van der Waals surface area contributed by atoms with Crippen LogP contribution in [0.4, 0.5) is 11.4 Å². The van der Waals surface area contributed by atoms with Gasteiger partial charge in [0.05, 0.1) is 23.9 Å². The number of nitrogens with zero attached hydrogens (tertiary/aromatic N) is 3. The summed E-state index contributed by atoms with van der Waals surface area (Å²) < 4.78 is 7.66. The molecule has 1 atom stereocenters. The molecule has 4 rings (SSSR count). The maximum atomic E-state index is 13.4. The largest absolute Gasteiger partial charge is 0.497 e. The normalized spacial score (nSPS) is 15.6. The first kappa shape index (κ1) is 18.5. The van der Waals surface area contributed by atoms with Crippen molar-refractivity contribution in [3.8, 4) is 5.75 Å². The third kappa shape index (κ3) is 2.98. The summed E-state index contributed by atoms with van der Waals surface area (Å²) in [7, 11) is 4.54. The number of methoxy groups -OCH3 is 1. The Balaban J connectivity index is 1.96. The highest BCUT2D eigenvalue weighted by molar-refractivity contribution is 6.12. The molecular weight excluding hydrogens is 372 g/mol. The highest BCUT2D eigenvalue weighted by Gasteiger charge is 2.36. The molecule has 0 bridgehead atoms. The van der Waals surface area contributed by atoms with E-state index in [9.17, 15) is 14.4 Å². The molecule has 1 aliphatic rings. The van der Waals surface area contributed by atoms with Crippen LogP contribution in [0.3, 0.4) is 0 Å². The van der Waals surface area contributed by atoms with Crippen molar-refractivity contribution in [1.29, 1.82) is 0 Å². The number of aromatic nitrogens is 2. The molecule has 29 heavy (non-hydrogen) atoms. The number of benzene rings is 2. The number of fused-ring (bicyclic) bond motifs is 1. The summed E-state index contributed by atoms with van der Waals surface area (Å²) in [5.74, 6) is 0.329. The third-order valence-electron chi connectivity index (χ3n) is 5.03. The number of nitrogens with one attached hydrogen (secondary N) is 1. The smallest absolute Gasteiger partial charge is 0.330 e. The molecule has 1 aliphatic heterocycles. The van der Waals surface area contributed by atoms with E-state index in [0.29, 0.717) is 22.7 Å². The minimum atomic E-state index is -0.796. The molecule has 0 fully saturated rings. The molecule has 1 amide bonds. The van der Waals surface area contributed by atoms with Gasteiger partial charge < -0.3 is 14.6 Å². The van der Waals surface area contributed by atoms with Gasteiger partial charge in [-0.2, -0.15) is 0 Å². The van der Waals surface area contributed by atoms with E-state index in [1.54, 1.807) is 56.6 Å². The SMILES string of the molecule is COc1cccc(N2C(=O)c3ccccc3N[C@H]2c2cn(C)c(=O)n(C)c2=O)c1. The van der Waals surface area contributed by atoms with Crippen molar-refractivity contribution < 1.29 is 9.53 Å². The molecule has 0 aliphatic carbocycles. The zero-order valence-electron chi connectivity index (χ0n) is 16.2. The van der Waals surface area contributed by atoms with Gasteiger partial charge >= 0.3 is 5.69 Å². The summed E-state index contributed by atoms with van der Waals surface area (Å²) in [5.41, 5.74) is 1.06. The predicted octanol–water partition coefficient (Wildman–Crippen LogP) is 1.86. The summed E-state index contributed by atoms with van der Waals surface area (Å²) in [4.78, 5) is 40.0. The Morgan fingerprint density at radius 2 is 1.76 bits per heavy atom. The Morgan fingerprint density at radius 3 is 2.52 bits per heavy atom. The van der Waals surface area contributed by atoms with Crippen molar-refractivity contribution in [1.82, 2.24) is 9.13 Å². The van der Waals surface area contributed by atoms with Crippen LogP contribution in [-0.2, 0) is 14.1 Å². The molecule has 0 saturated carbocycles. The maximum absolute atomic E-state index is 13.4. The number of rotatable bonds is 3. The first-order valence-corrected chi connectivity index (χ1v) is 9.02. The summed E-state index contributed by atoms with van der Waals surface area (Å²) in [5, 5.41) is 3.28. The molecule has 2 aromatic carbocycles. The summed E-state index contributed by atoms with van der Waals surface area (Å²) >= 11 is 0. The van der Waals surface area contributed by atoms with Gasteiger partial charge in [0.25, 0.3) is 11.5 Å². The first-order valence-electron chi connectivity index (χ1n) is 9.02. The summed E-state index contributed by atoms with van der Waals surface area (Å²) in [6, 6.07) is 14.2. The van der Waals surface area contributed by atoms with Crippen molar-refractivity contribution in [2.75, 3.05) is 17.3 Å². The molecule has 8 heteroatoms. The Morgan fingerprint density at radius 1 is 1.00 bits per heavy atom. The fourth-order valence-corrected chi connectivity index (χ4v) is 3.52. The fraction of sp³-hybridized carbons (Fsp3) is 0.190. The van der Waals surface area contributed by atoms with Crippen molar-refractivity contribution in [3.05, 3.63) is 86.7 Å². The second-order valence-electron chi connectivity index (χ2n) is 6.81. The van der Waals surface area contributed by atoms with Crippen LogP contribution < -0.4 is 26.2 Å². The maximum Gasteiger partial charge on any atom is 0.330 e. The molecule has 3 aromatic rings. The topological polar surface area (TPSA) is 85.6 Å². The molecule has 1 aromatic heterocycles. The zero-order chi connectivity index (χ0) is 20.7. The van der Waals surface area contributed by atoms with Crippen LogP contribution in [0.1, 0.15) is 22.1 Å². The molecule has 0 unspecified atom stereocenters. The lowest BCUT2D eigenvalue weighted by atomic mass is 10.0. The predicted molar refractivity (Wildman–Crippen MR) is 110 cm³/mol. The number of carbonyl (C=O) groups is 1. The van der Waals surface area contributed by atoms with Gasteiger partial charge in [0, 0.05) is 32.0 Å². The van der Waals surface area contributed by atoms with E-state index in [0.717, 1.165) is 4.57 Å². The second-order valence-corrected chi connectivity index (χ2v) is 6.81. The Bertz CT molecular complexity index is 1230. The number of carbonyl (C=O) groups excluding carboxylic acids is 1. The average molecular weight is 392 g/mol. The van der Waals surface area contributed by atoms with Gasteiger partial charge in [0.15, 0.2) is 0 Å². The second kappa shape index (κ2) is 6.97. The first-order chi connectivity index (χ1) is 13.9. The highest BCUT2D eigenvalue weighted by atomic mass is 16.5. The lowest BCUT2D eigenvalue weighted by Gasteiger charge is -2.37. The van der Waals surface area contributed by atoms with E-state index in [-0.39, 0.29) is 11.5 Å². The number of hydrogen-bond donors (Lipinski definition) is 1. The van der Waals surface area contributed by atoms with Crippen molar-refractivity contribution >= 4 is 17.3 Å². The van der Waals surface area contributed by atoms with E-state index < -0.39 is 17.4 Å². The molecule has 148 valence electrons. The number of anilines is 2. The van der Waals surface area contributed by atoms with Crippen LogP contribution in [0.5, 0.6) is 5.75 Å². The van der Waals surface area contributed by atoms with Crippen LogP contribution in [0.25, 0.3) is 0 Å². The van der Waals surface area contributed by atoms with Crippen molar-refractivity contribution in [2.24, 2.45) is 14.1 Å². The van der Waals surface area contributed by atoms with Gasteiger partial charge in [-0.15, -0.1) is 0 Å². The van der Waals surface area contributed by atoms with E-state index in [1.807, 2.05) is 6.07 Å². The molecule has 0 radical (unpaired) electrons. The Hall–Kier alpha value is -3.81. The number of ether oxygens (including phenoxy) is 1. The standard InChI is InChI=1S/C21H20N4O4/c1-23-12-16(19(26)24(2)21(23)28)18-22-17-10-5-4-9-15(17)20(27)25(18)13-7-6-8-14(11-13)29-3/h4-12,18,22H,1-3H3/t18-/m1/s1. The number of aryl methyl sites for hydroxylation is 1. The summed E-state index contributed by atoms with van der Waals surface area (Å²) in [6.07, 6.45) is 0.673. The molecule has 1 N–H and O–H groups in total. The molecule has 0 spiro atoms. The van der Waals surface area contributed by atoms with E-state index in [1.165, 1.54) is 22.7 Å². The summed E-state index contributed by atoms with van der Waals surface area (Å²) in [6.45, 7) is 0. The van der Waals surface area contributed by atoms with Crippen molar-refractivity contribution in [2.45, 2.75) is 6.17 Å². The van der Waals surface area contributed by atoms with E-state index in [4.69, 9.17) is 4.74 Å². The van der Waals surface area contributed by atoms with Gasteiger partial charge in [-0.3, -0.25) is 19.1 Å². The molecular formula is C21H20N4O4. The number of amides is 1. The average Bonchev–Trinajstić information content (AvgIpc) is 2.74. The zero-order valence-corrected chi connectivity index (χ0v) is 16.2. The lowest BCUT2D eigenvalue weighted by Crippen LogP contribution is -2.48. The van der Waals surface area contributed by atoms with Gasteiger partial charge in [-0.1, -0.05) is 18.2 Å². The molecule has 2 heterocycles. The van der Waals surface area contributed by atoms with Crippen LogP contribution in [-0.4, -0.2) is 22.2 Å². The fourth-order valence-electron chi connectivity index (χ4n) is 3.52. The Labute approximate surface area is 166 Å². The lowest BCUT2D eigenvalue weighted by molar-refractivity contribution is 0.0974. The van der Waals surface area contributed by atoms with Gasteiger partial charge in [-0.25, -0.2) is 4.79 Å². The van der Waals surface area contributed by atoms with E-state index >= 15 is 0 Å². The number of para-hydroxylation sites is 1. The van der Waals surface area contributed by atoms with Crippen LogP contribution in [0.2, 0.25) is 0 Å². The molecule has 0 saturated heterocycles. The van der Waals surface area contributed by atoms with Gasteiger partial charge in [-0.05, 0) is 24.3 Å². The number of hydrogen-bond acceptors (Lipinski definition) is 5. The quantitative estimate of drug-likeness (QED) is 0.735. The monoisotopic (exact) mass is 392 g/mol. The third-order valence-corrected chi connectivity index (χ3v) is 5.03. The molecule has 8 nitrogen and oxygen atoms in total. The Kier molecular flexibility index (Phi) is 4.46.